The topological polar surface area (TPSA) is 47.6 Å². The van der Waals surface area contributed by atoms with E-state index in [2.05, 4.69) is 45.9 Å². The number of benzene rings is 1. The molecule has 148 valence electrons. The minimum Gasteiger partial charge on any atom is -0.349 e. The van der Waals surface area contributed by atoms with Gasteiger partial charge in [0.05, 0.1) is 5.54 Å². The van der Waals surface area contributed by atoms with E-state index in [1.807, 2.05) is 14.1 Å². The van der Waals surface area contributed by atoms with E-state index in [1.54, 1.807) is 4.90 Å². The van der Waals surface area contributed by atoms with Crippen molar-refractivity contribution in [3.8, 4) is 0 Å². The Bertz CT molecular complexity index is 635. The van der Waals surface area contributed by atoms with Crippen LogP contribution in [0.15, 0.2) is 30.3 Å². The fraction of sp³-hybridized carbons (Fsp3) is 0.682. The van der Waals surface area contributed by atoms with Crippen molar-refractivity contribution in [1.29, 1.82) is 0 Å². The van der Waals surface area contributed by atoms with Crippen molar-refractivity contribution in [2.75, 3.05) is 46.8 Å². The van der Waals surface area contributed by atoms with Gasteiger partial charge in [0, 0.05) is 45.6 Å². The molecule has 0 aromatic heterocycles. The van der Waals surface area contributed by atoms with Gasteiger partial charge < -0.3 is 15.5 Å². The number of hydrogen-bond donors (Lipinski definition) is 2. The summed E-state index contributed by atoms with van der Waals surface area (Å²) in [7, 11) is 3.72. The minimum atomic E-state index is 0.0641. The molecule has 2 aliphatic heterocycles. The Morgan fingerprint density at radius 1 is 1.22 bits per heavy atom. The average Bonchev–Trinajstić information content (AvgIpc) is 3.44. The Hall–Kier alpha value is -1.43. The van der Waals surface area contributed by atoms with Gasteiger partial charge in [0.1, 0.15) is 0 Å². The van der Waals surface area contributed by atoms with E-state index in [0.29, 0.717) is 18.4 Å². The number of rotatable bonds is 7. The van der Waals surface area contributed by atoms with Crippen molar-refractivity contribution >= 4 is 5.91 Å². The predicted molar refractivity (Wildman–Crippen MR) is 109 cm³/mol. The Labute approximate surface area is 163 Å². The van der Waals surface area contributed by atoms with Crippen LogP contribution in [0.25, 0.3) is 0 Å². The van der Waals surface area contributed by atoms with Gasteiger partial charge in [-0.1, -0.05) is 30.3 Å². The Morgan fingerprint density at radius 3 is 2.52 bits per heavy atom. The van der Waals surface area contributed by atoms with Gasteiger partial charge in [-0.15, -0.1) is 0 Å². The van der Waals surface area contributed by atoms with Crippen LogP contribution in [0.2, 0.25) is 0 Å². The first-order chi connectivity index (χ1) is 13.1. The molecule has 2 N–H and O–H groups in total. The molecular weight excluding hydrogens is 336 g/mol. The third-order valence-corrected chi connectivity index (χ3v) is 6.86. The van der Waals surface area contributed by atoms with Crippen LogP contribution in [-0.4, -0.2) is 74.1 Å². The van der Waals surface area contributed by atoms with Crippen LogP contribution in [0.5, 0.6) is 0 Å². The SMILES string of the molecule is CN(C)C(=O)CC1(N2CCC(CNC3CC3c3ccccc3)CC2)CNC1. The highest BCUT2D eigenvalue weighted by atomic mass is 16.2. The monoisotopic (exact) mass is 370 g/mol. The smallest absolute Gasteiger partial charge is 0.224 e. The van der Waals surface area contributed by atoms with E-state index < -0.39 is 0 Å². The average molecular weight is 371 g/mol. The third kappa shape index (κ3) is 4.20. The molecule has 3 fully saturated rings. The first-order valence-electron chi connectivity index (χ1n) is 10.5. The molecule has 1 aliphatic carbocycles. The second-order valence-electron chi connectivity index (χ2n) is 8.99. The number of likely N-dealkylation sites (tertiary alicyclic amines) is 1. The highest BCUT2D eigenvalue weighted by Crippen LogP contribution is 2.41. The van der Waals surface area contributed by atoms with Gasteiger partial charge in [-0.25, -0.2) is 0 Å². The molecule has 1 amide bonds. The highest BCUT2D eigenvalue weighted by Gasteiger charge is 2.45. The van der Waals surface area contributed by atoms with E-state index in [9.17, 15) is 4.79 Å². The first kappa shape index (κ1) is 18.9. The molecule has 0 radical (unpaired) electrons. The predicted octanol–water partition coefficient (Wildman–Crippen LogP) is 1.66. The quantitative estimate of drug-likeness (QED) is 0.766. The Kier molecular flexibility index (Phi) is 5.53. The summed E-state index contributed by atoms with van der Waals surface area (Å²) in [6.45, 7) is 5.30. The van der Waals surface area contributed by atoms with Crippen LogP contribution in [0.3, 0.4) is 0 Å². The summed E-state index contributed by atoms with van der Waals surface area (Å²) < 4.78 is 0. The van der Waals surface area contributed by atoms with Crippen molar-refractivity contribution in [3.63, 3.8) is 0 Å². The third-order valence-electron chi connectivity index (χ3n) is 6.86. The molecule has 5 heteroatoms. The van der Waals surface area contributed by atoms with Gasteiger partial charge in [-0.05, 0) is 50.4 Å². The van der Waals surface area contributed by atoms with Gasteiger partial charge in [0.2, 0.25) is 5.91 Å². The van der Waals surface area contributed by atoms with Gasteiger partial charge in [-0.3, -0.25) is 9.69 Å². The molecule has 2 unspecified atom stereocenters. The highest BCUT2D eigenvalue weighted by molar-refractivity contribution is 5.77. The van der Waals surface area contributed by atoms with Gasteiger partial charge in [0.25, 0.3) is 0 Å². The van der Waals surface area contributed by atoms with Crippen molar-refractivity contribution in [2.24, 2.45) is 5.92 Å². The molecule has 4 rings (SSSR count). The molecule has 27 heavy (non-hydrogen) atoms. The van der Waals surface area contributed by atoms with Crippen molar-refractivity contribution in [1.82, 2.24) is 20.4 Å². The van der Waals surface area contributed by atoms with E-state index >= 15 is 0 Å². The molecule has 1 aromatic rings. The maximum Gasteiger partial charge on any atom is 0.224 e. The number of nitrogens with zero attached hydrogens (tertiary/aromatic N) is 2. The maximum absolute atomic E-state index is 12.3. The fourth-order valence-corrected chi connectivity index (χ4v) is 4.73. The summed E-state index contributed by atoms with van der Waals surface area (Å²) in [4.78, 5) is 16.6. The van der Waals surface area contributed by atoms with E-state index in [-0.39, 0.29) is 11.4 Å². The summed E-state index contributed by atoms with van der Waals surface area (Å²) in [5.74, 6) is 1.74. The molecule has 0 spiro atoms. The lowest BCUT2D eigenvalue weighted by Crippen LogP contribution is -2.71. The van der Waals surface area contributed by atoms with Gasteiger partial charge >= 0.3 is 0 Å². The maximum atomic E-state index is 12.3. The molecule has 5 nitrogen and oxygen atoms in total. The Morgan fingerprint density at radius 2 is 1.93 bits per heavy atom. The summed E-state index contributed by atoms with van der Waals surface area (Å²) in [6.07, 6.45) is 4.42. The molecule has 1 aromatic carbocycles. The van der Waals surface area contributed by atoms with Crippen LogP contribution >= 0.6 is 0 Å². The lowest BCUT2D eigenvalue weighted by molar-refractivity contribution is -0.133. The summed E-state index contributed by atoms with van der Waals surface area (Å²) in [6, 6.07) is 11.6. The minimum absolute atomic E-state index is 0.0641. The van der Waals surface area contributed by atoms with Gasteiger partial charge in [0.15, 0.2) is 0 Å². The zero-order chi connectivity index (χ0) is 18.9. The van der Waals surface area contributed by atoms with Crippen LogP contribution in [0, 0.1) is 5.92 Å². The number of carbonyl (C=O) groups is 1. The molecule has 0 bridgehead atoms. The zero-order valence-corrected chi connectivity index (χ0v) is 16.8. The number of hydrogen-bond acceptors (Lipinski definition) is 4. The first-order valence-corrected chi connectivity index (χ1v) is 10.5. The number of piperidine rings is 1. The number of nitrogens with one attached hydrogen (secondary N) is 2. The van der Waals surface area contributed by atoms with E-state index in [1.165, 1.54) is 24.8 Å². The van der Waals surface area contributed by atoms with Crippen LogP contribution in [0.1, 0.15) is 37.2 Å². The lowest BCUT2D eigenvalue weighted by Gasteiger charge is -2.53. The standard InChI is InChI=1S/C22H34N4O/c1-25(2)21(27)13-22(15-23-16-22)26-10-8-17(9-11-26)14-24-20-12-19(20)18-6-4-3-5-7-18/h3-7,17,19-20,23-24H,8-16H2,1-2H3. The van der Waals surface area contributed by atoms with E-state index in [4.69, 9.17) is 0 Å². The van der Waals surface area contributed by atoms with E-state index in [0.717, 1.165) is 38.6 Å². The molecular formula is C22H34N4O. The summed E-state index contributed by atoms with van der Waals surface area (Å²) in [5, 5.41) is 7.21. The molecule has 2 saturated heterocycles. The largest absolute Gasteiger partial charge is 0.349 e. The second-order valence-corrected chi connectivity index (χ2v) is 8.99. The zero-order valence-electron chi connectivity index (χ0n) is 16.8. The molecule has 2 atom stereocenters. The van der Waals surface area contributed by atoms with Crippen LogP contribution < -0.4 is 10.6 Å². The van der Waals surface area contributed by atoms with Crippen molar-refractivity contribution < 1.29 is 4.79 Å². The number of carbonyl (C=O) groups excluding carboxylic acids is 1. The second kappa shape index (κ2) is 7.90. The van der Waals surface area contributed by atoms with Crippen LogP contribution in [0.4, 0.5) is 0 Å². The van der Waals surface area contributed by atoms with Crippen LogP contribution in [-0.2, 0) is 4.79 Å². The van der Waals surface area contributed by atoms with Crippen molar-refractivity contribution in [3.05, 3.63) is 35.9 Å². The molecule has 2 heterocycles. The molecule has 1 saturated carbocycles. The summed E-state index contributed by atoms with van der Waals surface area (Å²) in [5.41, 5.74) is 1.55. The molecule has 3 aliphatic rings. The fourth-order valence-electron chi connectivity index (χ4n) is 4.73. The lowest BCUT2D eigenvalue weighted by atomic mass is 9.83. The number of amides is 1. The summed E-state index contributed by atoms with van der Waals surface area (Å²) >= 11 is 0. The Balaban J connectivity index is 1.21. The van der Waals surface area contributed by atoms with Gasteiger partial charge in [-0.2, -0.15) is 0 Å². The normalized spacial score (nSPS) is 27.8. The van der Waals surface area contributed by atoms with Crippen molar-refractivity contribution in [2.45, 2.75) is 43.2 Å².